The van der Waals surface area contributed by atoms with Crippen molar-refractivity contribution in [1.82, 2.24) is 10.6 Å². The predicted octanol–water partition coefficient (Wildman–Crippen LogP) is -0.431. The van der Waals surface area contributed by atoms with Crippen molar-refractivity contribution in [1.29, 1.82) is 0 Å². The van der Waals surface area contributed by atoms with Crippen molar-refractivity contribution in [3.05, 3.63) is 0 Å². The van der Waals surface area contributed by atoms with Gasteiger partial charge in [-0.25, -0.2) is 0 Å². The highest BCUT2D eigenvalue weighted by Gasteiger charge is 2.38. The van der Waals surface area contributed by atoms with Gasteiger partial charge in [0.2, 0.25) is 0 Å². The Hall–Kier alpha value is -0.0800. The Morgan fingerprint density at radius 1 is 1.25 bits per heavy atom. The summed E-state index contributed by atoms with van der Waals surface area (Å²) in [6.07, 6.45) is -0.556. The minimum absolute atomic E-state index is 0.556. The fraction of sp³-hybridized carbons (Fsp3) is 1.00. The molecule has 0 aromatic heterocycles. The topological polar surface area (TPSA) is 24.1 Å². The monoisotopic (exact) mass is 120 g/mol. The lowest BCUT2D eigenvalue weighted by Crippen LogP contribution is -2.54. The highest BCUT2D eigenvalue weighted by atomic mass is 15.1. The Morgan fingerprint density at radius 2 is 2.00 bits per heavy atom. The van der Waals surface area contributed by atoms with Crippen LogP contribution in [0.5, 0.6) is 0 Å². The van der Waals surface area contributed by atoms with Gasteiger partial charge in [0.25, 0.3) is 0 Å². The van der Waals surface area contributed by atoms with Gasteiger partial charge < -0.3 is 10.6 Å². The number of hydrogen-bond acceptors (Lipinski definition) is 2. The van der Waals surface area contributed by atoms with Crippen LogP contribution >= 0.6 is 0 Å². The molecule has 0 aromatic carbocycles. The van der Waals surface area contributed by atoms with Gasteiger partial charge in [-0.2, -0.15) is 0 Å². The molecule has 2 saturated heterocycles. The lowest BCUT2D eigenvalue weighted by Gasteiger charge is -2.38. The normalized spacial score (nSPS) is 73.0. The smallest absolute Gasteiger partial charge is 0.0435 e. The van der Waals surface area contributed by atoms with Crippen LogP contribution in [0.4, 0.5) is 0 Å². The molecule has 2 aliphatic rings. The Kier molecular flexibility index (Phi) is 0.241. The van der Waals surface area contributed by atoms with Gasteiger partial charge in [0.1, 0.15) is 0 Å². The fourth-order valence-electron chi connectivity index (χ4n) is 0.736. The average Bonchev–Trinajstić information content (AvgIpc) is 2.15. The van der Waals surface area contributed by atoms with E-state index in [1.54, 1.807) is 0 Å². The molecule has 8 heavy (non-hydrogen) atoms. The minimum Gasteiger partial charge on any atom is -0.316 e. The molecule has 2 fully saturated rings. The summed E-state index contributed by atoms with van der Waals surface area (Å²) >= 11 is 0. The molecule has 2 heteroatoms. The quantitative estimate of drug-likeness (QED) is 0.453. The summed E-state index contributed by atoms with van der Waals surface area (Å²) in [5, 5.41) is 4.02. The van der Waals surface area contributed by atoms with Crippen LogP contribution in [-0.4, -0.2) is 26.0 Å². The largest absolute Gasteiger partial charge is 0.316 e. The van der Waals surface area contributed by atoms with E-state index in [4.69, 9.17) is 11.0 Å². The van der Waals surface area contributed by atoms with Crippen LogP contribution < -0.4 is 10.6 Å². The number of nitrogens with one attached hydrogen (secondary N) is 2. The highest BCUT2D eigenvalue weighted by Crippen LogP contribution is 2.28. The van der Waals surface area contributed by atoms with E-state index in [-0.39, 0.29) is 0 Å². The Balaban J connectivity index is 2.52. The van der Waals surface area contributed by atoms with E-state index in [2.05, 4.69) is 0 Å². The van der Waals surface area contributed by atoms with E-state index in [1.807, 2.05) is 10.6 Å². The van der Waals surface area contributed by atoms with Crippen LogP contribution in [-0.2, 0) is 0 Å². The van der Waals surface area contributed by atoms with Gasteiger partial charge in [-0.15, -0.1) is 0 Å². The van der Waals surface area contributed by atoms with Gasteiger partial charge in [-0.1, -0.05) is 0 Å². The fourth-order valence-corrected chi connectivity index (χ4v) is 0.736. The van der Waals surface area contributed by atoms with Crippen molar-refractivity contribution in [2.75, 3.05) is 26.0 Å². The molecule has 0 amide bonds. The molecular weight excluding hydrogens is 100 g/mol. The standard InChI is InChI=1S/C6H12N2/c1-2-7-3-6(1)4-8-5-6/h7-8H,1-5H2/i2D2,3D2,4D2,5D2. The molecule has 0 saturated carbocycles. The second-order valence-corrected chi connectivity index (χ2v) is 1.88. The van der Waals surface area contributed by atoms with Crippen molar-refractivity contribution in [2.24, 2.45) is 5.41 Å². The van der Waals surface area contributed by atoms with E-state index in [1.165, 1.54) is 0 Å². The van der Waals surface area contributed by atoms with Crippen LogP contribution in [0.3, 0.4) is 0 Å². The first kappa shape index (κ1) is 1.32. The molecule has 2 N–H and O–H groups in total. The molecule has 2 heterocycles. The van der Waals surface area contributed by atoms with Crippen molar-refractivity contribution < 1.29 is 11.0 Å². The van der Waals surface area contributed by atoms with Gasteiger partial charge in [0.15, 0.2) is 0 Å². The first-order chi connectivity index (χ1) is 6.87. The molecule has 2 nitrogen and oxygen atoms in total. The molecule has 0 aromatic rings. The highest BCUT2D eigenvalue weighted by molar-refractivity contribution is 4.97. The van der Waals surface area contributed by atoms with Gasteiger partial charge in [-0.05, 0) is 12.9 Å². The van der Waals surface area contributed by atoms with Crippen LogP contribution in [0.1, 0.15) is 17.4 Å². The van der Waals surface area contributed by atoms with Crippen molar-refractivity contribution in [3.8, 4) is 0 Å². The molecule has 0 atom stereocenters. The molecule has 0 aliphatic carbocycles. The van der Waals surface area contributed by atoms with Crippen molar-refractivity contribution in [3.63, 3.8) is 0 Å². The van der Waals surface area contributed by atoms with E-state index >= 15 is 0 Å². The third-order valence-corrected chi connectivity index (χ3v) is 1.27. The van der Waals surface area contributed by atoms with Crippen LogP contribution in [0, 0.1) is 5.41 Å². The summed E-state index contributed by atoms with van der Waals surface area (Å²) in [6.45, 7) is -9.13. The molecule has 0 unspecified atom stereocenters. The lowest BCUT2D eigenvalue weighted by atomic mass is 9.81. The molecule has 2 rings (SSSR count). The summed E-state index contributed by atoms with van der Waals surface area (Å²) in [6, 6.07) is 0. The molecule has 1 spiro atoms. The second kappa shape index (κ2) is 1.45. The minimum atomic E-state index is -2.45. The third kappa shape index (κ3) is 0.501. The van der Waals surface area contributed by atoms with Crippen molar-refractivity contribution >= 4 is 0 Å². The summed E-state index contributed by atoms with van der Waals surface area (Å²) < 4.78 is 60.5. The maximum absolute atomic E-state index is 7.65. The SMILES string of the molecule is [2H]C1([2H])CC2(C([2H])([2H])N1)C([2H])([2H])NC2([2H])[2H]. The molecule has 0 radical (unpaired) electrons. The first-order valence-electron chi connectivity index (χ1n) is 6.46. The summed E-state index contributed by atoms with van der Waals surface area (Å²) in [5.41, 5.74) is -2.06. The number of rotatable bonds is 0. The molecule has 2 aliphatic heterocycles. The van der Waals surface area contributed by atoms with E-state index in [0.717, 1.165) is 0 Å². The molecular formula is C6H12N2. The van der Waals surface area contributed by atoms with Gasteiger partial charge in [-0.3, -0.25) is 0 Å². The van der Waals surface area contributed by atoms with Gasteiger partial charge >= 0.3 is 0 Å². The maximum atomic E-state index is 7.65. The van der Waals surface area contributed by atoms with Gasteiger partial charge in [0.05, 0.1) is 0 Å². The van der Waals surface area contributed by atoms with Crippen LogP contribution in [0.2, 0.25) is 0 Å². The molecule has 46 valence electrons. The first-order valence-corrected chi connectivity index (χ1v) is 2.46. The predicted molar refractivity (Wildman–Crippen MR) is 32.8 cm³/mol. The van der Waals surface area contributed by atoms with E-state index in [0.29, 0.717) is 0 Å². The summed E-state index contributed by atoms with van der Waals surface area (Å²) in [4.78, 5) is 0. The van der Waals surface area contributed by atoms with E-state index in [9.17, 15) is 0 Å². The van der Waals surface area contributed by atoms with Crippen LogP contribution in [0.25, 0.3) is 0 Å². The lowest BCUT2D eigenvalue weighted by molar-refractivity contribution is 0.197. The summed E-state index contributed by atoms with van der Waals surface area (Å²) in [5.74, 6) is 0. The zero-order valence-corrected chi connectivity index (χ0v) is 4.21. The Morgan fingerprint density at radius 3 is 2.38 bits per heavy atom. The zero-order valence-electron chi connectivity index (χ0n) is 12.2. The maximum Gasteiger partial charge on any atom is 0.0435 e. The zero-order chi connectivity index (χ0) is 12.6. The molecule has 0 bridgehead atoms. The van der Waals surface area contributed by atoms with Gasteiger partial charge in [0, 0.05) is 35.9 Å². The van der Waals surface area contributed by atoms with Crippen molar-refractivity contribution in [2.45, 2.75) is 6.42 Å². The average molecular weight is 120 g/mol. The van der Waals surface area contributed by atoms with E-state index < -0.39 is 37.8 Å². The second-order valence-electron chi connectivity index (χ2n) is 1.88. The number of hydrogen-bond donors (Lipinski definition) is 2. The van der Waals surface area contributed by atoms with Crippen LogP contribution in [0.15, 0.2) is 0 Å². The third-order valence-electron chi connectivity index (χ3n) is 1.27. The Bertz CT molecular complexity index is 323. The Labute approximate surface area is 60.9 Å². The summed E-state index contributed by atoms with van der Waals surface area (Å²) in [7, 11) is 0.